The Balaban J connectivity index is 0.00000760. The van der Waals surface area contributed by atoms with E-state index in [-0.39, 0.29) is 117 Å². The van der Waals surface area contributed by atoms with Gasteiger partial charge >= 0.3 is 25.7 Å². The molecule has 1 aromatic heterocycles. The Labute approximate surface area is 237 Å². The van der Waals surface area contributed by atoms with Crippen molar-refractivity contribution in [3.8, 4) is 0 Å². The average Bonchev–Trinajstić information content (AvgIpc) is 3.28. The van der Waals surface area contributed by atoms with Crippen LogP contribution in [-0.2, 0) is 25.7 Å². The van der Waals surface area contributed by atoms with Crippen LogP contribution >= 0.6 is 0 Å². The molecule has 1 fully saturated rings. The molecule has 39 heavy (non-hydrogen) atoms. The number of nitrogens with zero attached hydrogens (tertiary/aromatic N) is 7. The summed E-state index contributed by atoms with van der Waals surface area (Å²) in [6.07, 6.45) is 2.71. The molecule has 0 bridgehead atoms. The van der Waals surface area contributed by atoms with Crippen LogP contribution in [-0.4, -0.2) is 163 Å². The Bertz CT molecular complexity index is 947. The van der Waals surface area contributed by atoms with E-state index >= 15 is 0 Å². The standard InChI is InChI=1S/C21H34N8O9.Ga/c30-17(22-1-3-28-4-2-23-21(28)29(37)38)13-24-5-7-25(14-18(31)32)9-11-27(16-20(35)36)12-10-26(8-6-24)15-19(33)34;/h2,4H,1,3,5-16H2,(H,22,30)(H,31,32)(H,33,34)(H,35,36);/q;+3/p-3/i;1-2. The molecule has 0 saturated carbocycles. The van der Waals surface area contributed by atoms with Gasteiger partial charge < -0.3 is 45.1 Å². The fourth-order valence-corrected chi connectivity index (χ4v) is 3.98. The van der Waals surface area contributed by atoms with Gasteiger partial charge in [-0.2, -0.15) is 0 Å². The molecule has 0 spiro atoms. The van der Waals surface area contributed by atoms with Crippen LogP contribution < -0.4 is 20.6 Å². The largest absolute Gasteiger partial charge is 3.00 e. The maximum Gasteiger partial charge on any atom is 3.00 e. The van der Waals surface area contributed by atoms with Gasteiger partial charge in [-0.25, -0.2) is 4.57 Å². The van der Waals surface area contributed by atoms with Crippen molar-refractivity contribution in [1.82, 2.24) is 34.5 Å². The summed E-state index contributed by atoms with van der Waals surface area (Å²) in [6.45, 7) is 0.729. The minimum absolute atomic E-state index is 0. The van der Waals surface area contributed by atoms with Crippen molar-refractivity contribution in [3.63, 3.8) is 0 Å². The van der Waals surface area contributed by atoms with Crippen molar-refractivity contribution < 1.29 is 39.4 Å². The maximum absolute atomic E-state index is 12.6. The van der Waals surface area contributed by atoms with Gasteiger partial charge in [0.1, 0.15) is 12.4 Å². The topological polar surface area (TPSA) is 223 Å². The molecule has 0 aromatic carbocycles. The number of nitro groups is 1. The van der Waals surface area contributed by atoms with Crippen molar-refractivity contribution in [3.05, 3.63) is 22.5 Å². The van der Waals surface area contributed by atoms with Crippen LogP contribution in [0.5, 0.6) is 0 Å². The number of amides is 1. The van der Waals surface area contributed by atoms with Gasteiger partial charge in [-0.1, -0.05) is 4.98 Å². The number of carbonyl (C=O) groups excluding carboxylic acids is 4. The van der Waals surface area contributed by atoms with E-state index in [0.717, 1.165) is 0 Å². The van der Waals surface area contributed by atoms with E-state index in [2.05, 4.69) is 10.3 Å². The number of carboxylic acid groups (broad SMARTS) is 3. The third kappa shape index (κ3) is 13.5. The minimum atomic E-state index is -1.31. The van der Waals surface area contributed by atoms with Crippen molar-refractivity contribution in [2.24, 2.45) is 0 Å². The SMILES string of the molecule is O=C([O-])CN1CCN(CC(=O)[O-])CCN(CC(=O)NCCn2ccnc2[N+](=O)[O-])CCN(CC(=O)[O-])CC1.[68Ga+3]. The molecule has 1 aromatic rings. The van der Waals surface area contributed by atoms with E-state index in [9.17, 15) is 44.6 Å². The van der Waals surface area contributed by atoms with Crippen molar-refractivity contribution >= 4 is 49.6 Å². The second kappa shape index (κ2) is 17.5. The second-order valence-electron chi connectivity index (χ2n) is 8.75. The number of hydrogen-bond donors (Lipinski definition) is 1. The quantitative estimate of drug-likeness (QED) is 0.132. The van der Waals surface area contributed by atoms with E-state index in [1.165, 1.54) is 21.9 Å². The second-order valence-corrected chi connectivity index (χ2v) is 8.75. The van der Waals surface area contributed by atoms with Crippen LogP contribution in [0.4, 0.5) is 5.95 Å². The molecule has 2 heterocycles. The monoisotopic (exact) mass is 607 g/mol. The molecule has 0 unspecified atom stereocenters. The summed E-state index contributed by atoms with van der Waals surface area (Å²) >= 11 is 0. The molecule has 1 N–H and O–H groups in total. The molecule has 1 aliphatic rings. The molecule has 1 amide bonds. The first-order valence-electron chi connectivity index (χ1n) is 11.9. The molecule has 0 atom stereocenters. The number of rotatable bonds is 12. The zero-order chi connectivity index (χ0) is 28.1. The Morgan fingerprint density at radius 1 is 0.769 bits per heavy atom. The van der Waals surface area contributed by atoms with Gasteiger partial charge in [-0.05, 0) is 4.92 Å². The maximum atomic E-state index is 12.6. The van der Waals surface area contributed by atoms with Crippen molar-refractivity contribution in [2.45, 2.75) is 6.54 Å². The first-order chi connectivity index (χ1) is 18.0. The number of carbonyl (C=O) groups is 4. The molecule has 0 radical (unpaired) electrons. The van der Waals surface area contributed by atoms with E-state index in [4.69, 9.17) is 0 Å². The summed E-state index contributed by atoms with van der Waals surface area (Å²) in [5.74, 6) is -4.64. The van der Waals surface area contributed by atoms with E-state index < -0.39 is 29.4 Å². The number of imidazole rings is 1. The third-order valence-corrected chi connectivity index (χ3v) is 5.89. The van der Waals surface area contributed by atoms with Crippen LogP contribution in [0.1, 0.15) is 0 Å². The summed E-state index contributed by atoms with van der Waals surface area (Å²) in [4.78, 5) is 66.5. The number of hydrogen-bond acceptors (Lipinski definition) is 14. The van der Waals surface area contributed by atoms with Crippen LogP contribution in [0.3, 0.4) is 0 Å². The Morgan fingerprint density at radius 3 is 1.51 bits per heavy atom. The molecule has 212 valence electrons. The van der Waals surface area contributed by atoms with Crippen LogP contribution in [0.15, 0.2) is 12.4 Å². The normalized spacial score (nSPS) is 16.8. The van der Waals surface area contributed by atoms with Gasteiger partial charge in [-0.3, -0.25) is 24.4 Å². The van der Waals surface area contributed by atoms with Gasteiger partial charge in [0.25, 0.3) is 0 Å². The predicted molar refractivity (Wildman–Crippen MR) is 128 cm³/mol. The summed E-state index contributed by atoms with van der Waals surface area (Å²) < 4.78 is 1.29. The fraction of sp³-hybridized carbons (Fsp3) is 0.667. The third-order valence-electron chi connectivity index (χ3n) is 5.89. The Kier molecular flexibility index (Phi) is 15.3. The molecule has 17 nitrogen and oxygen atoms in total. The number of aliphatic carboxylic acids is 3. The first-order valence-corrected chi connectivity index (χ1v) is 11.9. The summed E-state index contributed by atoms with van der Waals surface area (Å²) in [7, 11) is 0. The molecular weight excluding hydrogens is 576 g/mol. The summed E-state index contributed by atoms with van der Waals surface area (Å²) in [5, 5.41) is 47.2. The summed E-state index contributed by atoms with van der Waals surface area (Å²) in [6, 6.07) is 0. The molecule has 0 aliphatic carbocycles. The number of nitrogens with one attached hydrogen (secondary N) is 1. The Morgan fingerprint density at radius 2 is 1.15 bits per heavy atom. The number of carboxylic acids is 3. The molecule has 1 aliphatic heterocycles. The van der Waals surface area contributed by atoms with Gasteiger partial charge in [-0.15, -0.1) is 0 Å². The Hall–Kier alpha value is -3.03. The smallest absolute Gasteiger partial charge is 0.549 e. The predicted octanol–water partition coefficient (Wildman–Crippen LogP) is -7.00. The zero-order valence-corrected chi connectivity index (χ0v) is 23.9. The molecule has 1 saturated heterocycles. The van der Waals surface area contributed by atoms with Gasteiger partial charge in [0.2, 0.25) is 5.91 Å². The van der Waals surface area contributed by atoms with Crippen molar-refractivity contribution in [1.29, 1.82) is 0 Å². The summed E-state index contributed by atoms with van der Waals surface area (Å²) in [5.41, 5.74) is 0. The van der Waals surface area contributed by atoms with Crippen LogP contribution in [0, 0.1) is 10.1 Å². The fourth-order valence-electron chi connectivity index (χ4n) is 3.98. The van der Waals surface area contributed by atoms with Crippen LogP contribution in [0.25, 0.3) is 0 Å². The van der Waals surface area contributed by atoms with Gasteiger partial charge in [0, 0.05) is 78.5 Å². The zero-order valence-electron chi connectivity index (χ0n) is 21.4. The molecular formula is C21H31GaN8O9. The average molecular weight is 607 g/mol. The van der Waals surface area contributed by atoms with Crippen LogP contribution in [0.2, 0.25) is 0 Å². The minimum Gasteiger partial charge on any atom is -0.549 e. The molecule has 2 rings (SSSR count). The van der Waals surface area contributed by atoms with Crippen molar-refractivity contribution in [2.75, 3.05) is 85.1 Å². The van der Waals surface area contributed by atoms with E-state index in [1.54, 1.807) is 14.7 Å². The number of aromatic nitrogens is 2. The van der Waals surface area contributed by atoms with Gasteiger partial charge in [0.15, 0.2) is 0 Å². The first kappa shape index (κ1) is 34.0. The van der Waals surface area contributed by atoms with Gasteiger partial charge in [0.05, 0.1) is 31.0 Å². The van der Waals surface area contributed by atoms with E-state index in [1.807, 2.05) is 0 Å². The molecule has 18 heteroatoms. The van der Waals surface area contributed by atoms with E-state index in [0.29, 0.717) is 0 Å².